The fourth-order valence-electron chi connectivity index (χ4n) is 2.72. The molecule has 0 saturated heterocycles. The molecule has 0 radical (unpaired) electrons. The lowest BCUT2D eigenvalue weighted by atomic mass is 10.1. The monoisotopic (exact) mass is 307 g/mol. The molecule has 0 aromatic heterocycles. The summed E-state index contributed by atoms with van der Waals surface area (Å²) in [4.78, 5) is 11.7. The predicted molar refractivity (Wildman–Crippen MR) is 76.5 cm³/mol. The van der Waals surface area contributed by atoms with Crippen LogP contribution in [0.5, 0.6) is 0 Å². The lowest BCUT2D eigenvalue weighted by Crippen LogP contribution is -2.18. The molecule has 1 saturated carbocycles. The molecule has 1 aromatic carbocycles. The van der Waals surface area contributed by atoms with Crippen molar-refractivity contribution in [2.45, 2.75) is 30.6 Å². The quantitative estimate of drug-likeness (QED) is 0.797. The van der Waals surface area contributed by atoms with Crippen LogP contribution in [0.15, 0.2) is 23.1 Å². The zero-order valence-electron chi connectivity index (χ0n) is 11.8. The van der Waals surface area contributed by atoms with Gasteiger partial charge in [-0.15, -0.1) is 0 Å². The largest absolute Gasteiger partial charge is 0.465 e. The van der Waals surface area contributed by atoms with Crippen LogP contribution in [0.4, 0.5) is 0 Å². The van der Waals surface area contributed by atoms with Gasteiger partial charge in [0.15, 0.2) is 9.84 Å². The maximum atomic E-state index is 12.5. The van der Waals surface area contributed by atoms with Gasteiger partial charge in [0.05, 0.1) is 35.0 Å². The second-order valence-corrected chi connectivity index (χ2v) is 7.25. The van der Waals surface area contributed by atoms with Gasteiger partial charge < -0.3 is 4.74 Å². The SMILES string of the molecule is COC(=O)c1cc(C#N)ccc1S(=O)(=O)CC1CCCC1. The first-order valence-corrected chi connectivity index (χ1v) is 8.48. The van der Waals surface area contributed by atoms with Crippen LogP contribution in [0.2, 0.25) is 0 Å². The number of carbonyl (C=O) groups is 1. The van der Waals surface area contributed by atoms with Gasteiger partial charge in [0.2, 0.25) is 0 Å². The van der Waals surface area contributed by atoms with Crippen LogP contribution in [0, 0.1) is 17.2 Å². The third-order valence-electron chi connectivity index (χ3n) is 3.78. The molecule has 2 rings (SSSR count). The average Bonchev–Trinajstić information content (AvgIpc) is 2.97. The number of ether oxygens (including phenoxy) is 1. The first kappa shape index (κ1) is 15.5. The molecular weight excluding hydrogens is 290 g/mol. The maximum absolute atomic E-state index is 12.5. The second kappa shape index (κ2) is 6.27. The lowest BCUT2D eigenvalue weighted by molar-refractivity contribution is 0.0596. The van der Waals surface area contributed by atoms with Crippen molar-refractivity contribution in [1.82, 2.24) is 0 Å². The van der Waals surface area contributed by atoms with Crippen LogP contribution in [-0.2, 0) is 14.6 Å². The van der Waals surface area contributed by atoms with E-state index < -0.39 is 15.8 Å². The zero-order valence-corrected chi connectivity index (χ0v) is 12.6. The first-order valence-electron chi connectivity index (χ1n) is 6.83. The predicted octanol–water partition coefficient (Wildman–Crippen LogP) is 2.31. The number of nitrogens with zero attached hydrogens (tertiary/aromatic N) is 1. The van der Waals surface area contributed by atoms with Gasteiger partial charge in [-0.3, -0.25) is 0 Å². The third kappa shape index (κ3) is 3.42. The van der Waals surface area contributed by atoms with E-state index in [0.29, 0.717) is 0 Å². The second-order valence-electron chi connectivity index (χ2n) is 5.25. The van der Waals surface area contributed by atoms with Crippen molar-refractivity contribution in [3.05, 3.63) is 29.3 Å². The molecule has 0 spiro atoms. The molecule has 1 aromatic rings. The molecule has 0 heterocycles. The van der Waals surface area contributed by atoms with E-state index in [4.69, 9.17) is 5.26 Å². The Hall–Kier alpha value is -1.87. The molecule has 6 heteroatoms. The zero-order chi connectivity index (χ0) is 15.5. The van der Waals surface area contributed by atoms with E-state index in [2.05, 4.69) is 4.74 Å². The molecule has 0 unspecified atom stereocenters. The highest BCUT2D eigenvalue weighted by molar-refractivity contribution is 7.91. The van der Waals surface area contributed by atoms with E-state index in [1.807, 2.05) is 6.07 Å². The van der Waals surface area contributed by atoms with Gasteiger partial charge in [-0.25, -0.2) is 13.2 Å². The number of hydrogen-bond donors (Lipinski definition) is 0. The smallest absolute Gasteiger partial charge is 0.339 e. The normalized spacial score (nSPS) is 15.6. The summed E-state index contributed by atoms with van der Waals surface area (Å²) in [6.45, 7) is 0. The highest BCUT2D eigenvalue weighted by Gasteiger charge is 2.28. The molecule has 1 aliphatic carbocycles. The molecule has 1 aliphatic rings. The summed E-state index contributed by atoms with van der Waals surface area (Å²) in [6.07, 6.45) is 3.92. The van der Waals surface area contributed by atoms with Gasteiger partial charge in [0.25, 0.3) is 0 Å². The summed E-state index contributed by atoms with van der Waals surface area (Å²) < 4.78 is 29.7. The molecule has 0 bridgehead atoms. The Morgan fingerprint density at radius 3 is 2.62 bits per heavy atom. The third-order valence-corrected chi connectivity index (χ3v) is 5.72. The summed E-state index contributed by atoms with van der Waals surface area (Å²) in [7, 11) is -2.38. The number of carbonyl (C=O) groups excluding carboxylic acids is 1. The van der Waals surface area contributed by atoms with Crippen molar-refractivity contribution < 1.29 is 17.9 Å². The molecule has 1 fully saturated rings. The van der Waals surface area contributed by atoms with Crippen molar-refractivity contribution >= 4 is 15.8 Å². The van der Waals surface area contributed by atoms with Gasteiger partial charge in [0, 0.05) is 0 Å². The summed E-state index contributed by atoms with van der Waals surface area (Å²) >= 11 is 0. The van der Waals surface area contributed by atoms with Crippen LogP contribution in [0.25, 0.3) is 0 Å². The molecular formula is C15H17NO4S. The summed E-state index contributed by atoms with van der Waals surface area (Å²) in [5, 5.41) is 8.89. The van der Waals surface area contributed by atoms with Gasteiger partial charge in [-0.1, -0.05) is 12.8 Å². The minimum absolute atomic E-state index is 0.0414. The highest BCUT2D eigenvalue weighted by Crippen LogP contribution is 2.29. The average molecular weight is 307 g/mol. The molecule has 21 heavy (non-hydrogen) atoms. The van der Waals surface area contributed by atoms with E-state index in [9.17, 15) is 13.2 Å². The Balaban J connectivity index is 2.41. The van der Waals surface area contributed by atoms with Crippen LogP contribution < -0.4 is 0 Å². The molecule has 0 aliphatic heterocycles. The topological polar surface area (TPSA) is 84.2 Å². The van der Waals surface area contributed by atoms with E-state index in [-0.39, 0.29) is 27.7 Å². The van der Waals surface area contributed by atoms with Crippen LogP contribution in [0.3, 0.4) is 0 Å². The van der Waals surface area contributed by atoms with Gasteiger partial charge in [-0.05, 0) is 37.0 Å². The number of rotatable bonds is 4. The van der Waals surface area contributed by atoms with Crippen LogP contribution >= 0.6 is 0 Å². The number of esters is 1. The minimum Gasteiger partial charge on any atom is -0.465 e. The van der Waals surface area contributed by atoms with E-state index >= 15 is 0 Å². The number of benzene rings is 1. The van der Waals surface area contributed by atoms with Crippen LogP contribution in [0.1, 0.15) is 41.6 Å². The molecule has 0 amide bonds. The number of hydrogen-bond acceptors (Lipinski definition) is 5. The van der Waals surface area contributed by atoms with Gasteiger partial charge in [-0.2, -0.15) is 5.26 Å². The summed E-state index contributed by atoms with van der Waals surface area (Å²) in [5.74, 6) is -0.545. The van der Waals surface area contributed by atoms with Gasteiger partial charge in [0.1, 0.15) is 0 Å². The first-order chi connectivity index (χ1) is 9.97. The fraction of sp³-hybridized carbons (Fsp3) is 0.467. The van der Waals surface area contributed by atoms with Crippen molar-refractivity contribution in [1.29, 1.82) is 5.26 Å². The Labute approximate surface area is 124 Å². The fourth-order valence-corrected chi connectivity index (χ4v) is 4.60. The Morgan fingerprint density at radius 2 is 2.05 bits per heavy atom. The number of sulfone groups is 1. The van der Waals surface area contributed by atoms with Crippen molar-refractivity contribution in [3.63, 3.8) is 0 Å². The standard InChI is InChI=1S/C15H17NO4S/c1-20-15(17)13-8-12(9-16)6-7-14(13)21(18,19)10-11-4-2-3-5-11/h6-8,11H,2-5,10H2,1H3. The van der Waals surface area contributed by atoms with Crippen LogP contribution in [-0.4, -0.2) is 27.2 Å². The van der Waals surface area contributed by atoms with Crippen molar-refractivity contribution in [3.8, 4) is 6.07 Å². The molecule has 0 atom stereocenters. The highest BCUT2D eigenvalue weighted by atomic mass is 32.2. The summed E-state index contributed by atoms with van der Waals surface area (Å²) in [5.41, 5.74) is 0.171. The lowest BCUT2D eigenvalue weighted by Gasteiger charge is -2.13. The van der Waals surface area contributed by atoms with Crippen molar-refractivity contribution in [2.75, 3.05) is 12.9 Å². The van der Waals surface area contributed by atoms with E-state index in [1.54, 1.807) is 0 Å². The van der Waals surface area contributed by atoms with E-state index in [0.717, 1.165) is 25.7 Å². The number of methoxy groups -OCH3 is 1. The number of nitriles is 1. The Kier molecular flexibility index (Phi) is 4.63. The molecule has 0 N–H and O–H groups in total. The Bertz CT molecular complexity index is 682. The molecule has 112 valence electrons. The Morgan fingerprint density at radius 1 is 1.38 bits per heavy atom. The van der Waals surface area contributed by atoms with Gasteiger partial charge >= 0.3 is 5.97 Å². The van der Waals surface area contributed by atoms with E-state index in [1.165, 1.54) is 25.3 Å². The molecule has 5 nitrogen and oxygen atoms in total. The summed E-state index contributed by atoms with van der Waals surface area (Å²) in [6, 6.07) is 5.91. The van der Waals surface area contributed by atoms with Crippen molar-refractivity contribution in [2.24, 2.45) is 5.92 Å². The maximum Gasteiger partial charge on any atom is 0.339 e. The minimum atomic E-state index is -3.56.